The molecule has 0 aliphatic heterocycles. The molecule has 1 atom stereocenters. The molecule has 1 aromatic rings. The number of rotatable bonds is 1. The molecule has 0 bridgehead atoms. The molecule has 0 spiro atoms. The molecular weight excluding hydrogens is 299 g/mol. The van der Waals surface area contributed by atoms with Crippen molar-refractivity contribution in [2.24, 2.45) is 11.1 Å². The maximum absolute atomic E-state index is 13.7. The number of nitrogens with two attached hydrogens (primary N) is 1. The van der Waals surface area contributed by atoms with Crippen LogP contribution in [-0.2, 0) is 0 Å². The van der Waals surface area contributed by atoms with E-state index in [2.05, 4.69) is 15.9 Å². The lowest BCUT2D eigenvalue weighted by molar-refractivity contribution is 0.310. The third-order valence-corrected chi connectivity index (χ3v) is 2.94. The predicted octanol–water partition coefficient (Wildman–Crippen LogP) is 4.20. The summed E-state index contributed by atoms with van der Waals surface area (Å²) in [6.07, 6.45) is 0. The van der Waals surface area contributed by atoms with E-state index in [4.69, 9.17) is 5.73 Å². The number of hydrogen-bond acceptors (Lipinski definition) is 1. The van der Waals surface area contributed by atoms with E-state index in [0.29, 0.717) is 0 Å². The van der Waals surface area contributed by atoms with Gasteiger partial charge in [0.05, 0.1) is 4.47 Å². The van der Waals surface area contributed by atoms with Gasteiger partial charge in [0, 0.05) is 11.6 Å². The predicted molar refractivity (Wildman–Crippen MR) is 67.7 cm³/mol. The molecule has 0 heterocycles. The highest BCUT2D eigenvalue weighted by Crippen LogP contribution is 2.35. The summed E-state index contributed by atoms with van der Waals surface area (Å²) in [4.78, 5) is 0. The monoisotopic (exact) mass is 313 g/mol. The van der Waals surface area contributed by atoms with Gasteiger partial charge in [-0.15, -0.1) is 12.4 Å². The normalized spacial score (nSPS) is 13.2. The second-order valence-electron chi connectivity index (χ2n) is 4.60. The number of halogens is 4. The Morgan fingerprint density at radius 2 is 1.75 bits per heavy atom. The summed E-state index contributed by atoms with van der Waals surface area (Å²) >= 11 is 3.02. The second-order valence-corrected chi connectivity index (χ2v) is 5.45. The molecule has 0 aromatic heterocycles. The first-order valence-corrected chi connectivity index (χ1v) is 5.43. The lowest BCUT2D eigenvalue weighted by Crippen LogP contribution is -2.28. The lowest BCUT2D eigenvalue weighted by Gasteiger charge is -2.28. The minimum Gasteiger partial charge on any atom is -0.323 e. The van der Waals surface area contributed by atoms with Crippen LogP contribution >= 0.6 is 28.3 Å². The minimum atomic E-state index is -0.671. The molecule has 0 unspecified atom stereocenters. The quantitative estimate of drug-likeness (QED) is 0.773. The summed E-state index contributed by atoms with van der Waals surface area (Å²) < 4.78 is 27.4. The van der Waals surface area contributed by atoms with Crippen LogP contribution in [0.15, 0.2) is 16.6 Å². The zero-order valence-electron chi connectivity index (χ0n) is 9.35. The summed E-state index contributed by atoms with van der Waals surface area (Å²) in [5.74, 6) is -1.21. The maximum Gasteiger partial charge on any atom is 0.145 e. The average molecular weight is 315 g/mol. The van der Waals surface area contributed by atoms with Crippen LogP contribution in [0.4, 0.5) is 8.78 Å². The molecule has 92 valence electrons. The fourth-order valence-corrected chi connectivity index (χ4v) is 1.61. The number of benzene rings is 1. The standard InChI is InChI=1S/C11H14BrF2N.ClH/c1-11(2,3)10(15)8-7(13)5-4-6(12)9(8)14;/h4-5,10H,15H2,1-3H3;1H/t10-;/m1./s1. The van der Waals surface area contributed by atoms with Gasteiger partial charge in [-0.25, -0.2) is 8.78 Å². The molecule has 5 heteroatoms. The van der Waals surface area contributed by atoms with Crippen LogP contribution in [0.5, 0.6) is 0 Å². The van der Waals surface area contributed by atoms with E-state index in [-0.39, 0.29) is 27.9 Å². The van der Waals surface area contributed by atoms with Gasteiger partial charge in [0.1, 0.15) is 11.6 Å². The molecule has 0 saturated heterocycles. The molecule has 1 aromatic carbocycles. The molecule has 0 fully saturated rings. The molecule has 0 aliphatic rings. The van der Waals surface area contributed by atoms with Crippen LogP contribution in [0.3, 0.4) is 0 Å². The second kappa shape index (κ2) is 5.43. The molecule has 2 N–H and O–H groups in total. The van der Waals surface area contributed by atoms with Crippen molar-refractivity contribution in [1.29, 1.82) is 0 Å². The Morgan fingerprint density at radius 1 is 1.25 bits per heavy atom. The Bertz CT molecular complexity index is 377. The third-order valence-electron chi connectivity index (χ3n) is 2.32. The molecule has 16 heavy (non-hydrogen) atoms. The van der Waals surface area contributed by atoms with E-state index in [1.54, 1.807) is 0 Å². The van der Waals surface area contributed by atoms with Crippen LogP contribution in [0, 0.1) is 17.0 Å². The molecule has 0 saturated carbocycles. The summed E-state index contributed by atoms with van der Waals surface area (Å²) in [5.41, 5.74) is 5.40. The van der Waals surface area contributed by atoms with E-state index in [9.17, 15) is 8.78 Å². The van der Waals surface area contributed by atoms with Gasteiger partial charge in [0.2, 0.25) is 0 Å². The maximum atomic E-state index is 13.7. The average Bonchev–Trinajstić information content (AvgIpc) is 2.10. The highest BCUT2D eigenvalue weighted by molar-refractivity contribution is 9.10. The van der Waals surface area contributed by atoms with Crippen LogP contribution in [0.25, 0.3) is 0 Å². The Balaban J connectivity index is 0.00000225. The van der Waals surface area contributed by atoms with Crippen molar-refractivity contribution in [1.82, 2.24) is 0 Å². The molecule has 0 aliphatic carbocycles. The van der Waals surface area contributed by atoms with Crippen LogP contribution in [0.1, 0.15) is 32.4 Å². The van der Waals surface area contributed by atoms with E-state index in [1.165, 1.54) is 12.1 Å². The van der Waals surface area contributed by atoms with Crippen molar-refractivity contribution in [3.05, 3.63) is 33.8 Å². The van der Waals surface area contributed by atoms with Crippen molar-refractivity contribution in [3.8, 4) is 0 Å². The van der Waals surface area contributed by atoms with Crippen LogP contribution < -0.4 is 5.73 Å². The topological polar surface area (TPSA) is 26.0 Å². The fraction of sp³-hybridized carbons (Fsp3) is 0.455. The Hall–Kier alpha value is -0.190. The van der Waals surface area contributed by atoms with Gasteiger partial charge in [-0.05, 0) is 33.5 Å². The van der Waals surface area contributed by atoms with Crippen molar-refractivity contribution in [3.63, 3.8) is 0 Å². The molecule has 0 amide bonds. The SMILES string of the molecule is CC(C)(C)[C@H](N)c1c(F)ccc(Br)c1F.Cl. The van der Waals surface area contributed by atoms with E-state index in [1.807, 2.05) is 20.8 Å². The molecule has 0 radical (unpaired) electrons. The number of hydrogen-bond donors (Lipinski definition) is 1. The fourth-order valence-electron chi connectivity index (χ4n) is 1.26. The zero-order chi connectivity index (χ0) is 11.8. The van der Waals surface area contributed by atoms with Gasteiger partial charge in [-0.1, -0.05) is 20.8 Å². The van der Waals surface area contributed by atoms with Gasteiger partial charge in [0.25, 0.3) is 0 Å². The van der Waals surface area contributed by atoms with Gasteiger partial charge in [-0.3, -0.25) is 0 Å². The van der Waals surface area contributed by atoms with Gasteiger partial charge < -0.3 is 5.73 Å². The Labute approximate surface area is 109 Å². The highest BCUT2D eigenvalue weighted by atomic mass is 79.9. The smallest absolute Gasteiger partial charge is 0.145 e. The lowest BCUT2D eigenvalue weighted by atomic mass is 9.82. The first kappa shape index (κ1) is 15.8. The largest absolute Gasteiger partial charge is 0.323 e. The van der Waals surface area contributed by atoms with E-state index < -0.39 is 17.7 Å². The zero-order valence-corrected chi connectivity index (χ0v) is 11.8. The van der Waals surface area contributed by atoms with Crippen molar-refractivity contribution in [2.75, 3.05) is 0 Å². The first-order valence-electron chi connectivity index (χ1n) is 4.64. The summed E-state index contributed by atoms with van der Waals surface area (Å²) in [6, 6.07) is 1.88. The van der Waals surface area contributed by atoms with Gasteiger partial charge in [-0.2, -0.15) is 0 Å². The van der Waals surface area contributed by atoms with E-state index in [0.717, 1.165) is 0 Å². The molecule has 1 rings (SSSR count). The third kappa shape index (κ3) is 3.15. The van der Waals surface area contributed by atoms with Crippen molar-refractivity contribution in [2.45, 2.75) is 26.8 Å². The van der Waals surface area contributed by atoms with Gasteiger partial charge >= 0.3 is 0 Å². The molecule has 1 nitrogen and oxygen atoms in total. The summed E-state index contributed by atoms with van der Waals surface area (Å²) in [7, 11) is 0. The van der Waals surface area contributed by atoms with Crippen molar-refractivity contribution >= 4 is 28.3 Å². The van der Waals surface area contributed by atoms with Crippen LogP contribution in [-0.4, -0.2) is 0 Å². The Morgan fingerprint density at radius 3 is 2.19 bits per heavy atom. The van der Waals surface area contributed by atoms with Gasteiger partial charge in [0.15, 0.2) is 0 Å². The highest BCUT2D eigenvalue weighted by Gasteiger charge is 2.28. The van der Waals surface area contributed by atoms with Crippen molar-refractivity contribution < 1.29 is 8.78 Å². The molecular formula is C11H15BrClF2N. The summed E-state index contributed by atoms with van der Waals surface area (Å²) in [6.45, 7) is 5.53. The van der Waals surface area contributed by atoms with Crippen LogP contribution in [0.2, 0.25) is 0 Å². The summed E-state index contributed by atoms with van der Waals surface area (Å²) in [5, 5.41) is 0. The first-order chi connectivity index (χ1) is 6.75. The Kier molecular flexibility index (Phi) is 5.36. The van der Waals surface area contributed by atoms with E-state index >= 15 is 0 Å². The minimum absolute atomic E-state index is 0.